The molecule has 0 saturated carbocycles. The maximum absolute atomic E-state index is 11.6. The molecule has 0 aromatic heterocycles. The molecule has 0 saturated heterocycles. The van der Waals surface area contributed by atoms with Gasteiger partial charge in [-0.25, -0.2) is 13.2 Å². The first kappa shape index (κ1) is 13.1. The minimum absolute atomic E-state index is 0.309. The van der Waals surface area contributed by atoms with Crippen molar-refractivity contribution in [1.82, 2.24) is 0 Å². The van der Waals surface area contributed by atoms with Gasteiger partial charge in [0.25, 0.3) is 0 Å². The molecule has 0 heterocycles. The Morgan fingerprint density at radius 3 is 2.14 bits per heavy atom. The van der Waals surface area contributed by atoms with E-state index in [0.29, 0.717) is 0 Å². The Balaban J connectivity index is 4.64. The molecule has 82 valence electrons. The Morgan fingerprint density at radius 2 is 1.86 bits per heavy atom. The maximum Gasteiger partial charge on any atom is 0.495 e. The molecule has 0 N–H and O–H groups in total. The van der Waals surface area contributed by atoms with Crippen LogP contribution in [0, 0.1) is 0 Å². The summed E-state index contributed by atoms with van der Waals surface area (Å²) in [6, 6.07) is 0. The minimum Gasteiger partial charge on any atom is -0.435 e. The molecule has 0 radical (unpaired) electrons. The van der Waals surface area contributed by atoms with Gasteiger partial charge in [-0.2, -0.15) is 0 Å². The van der Waals surface area contributed by atoms with Gasteiger partial charge in [-0.3, -0.25) is 0 Å². The zero-order valence-corrected chi connectivity index (χ0v) is 9.15. The van der Waals surface area contributed by atoms with Gasteiger partial charge in [0.1, 0.15) is 6.61 Å². The van der Waals surface area contributed by atoms with Crippen LogP contribution >= 0.6 is 0 Å². The first-order chi connectivity index (χ1) is 6.09. The van der Waals surface area contributed by atoms with Crippen LogP contribution in [-0.4, -0.2) is 26.0 Å². The van der Waals surface area contributed by atoms with E-state index in [-0.39, 0.29) is 4.91 Å². The molecule has 14 heavy (non-hydrogen) atoms. The third-order valence-corrected chi connectivity index (χ3v) is 4.02. The predicted molar refractivity (Wildman–Crippen MR) is 50.3 cm³/mol. The molecule has 0 bridgehead atoms. The Bertz CT molecular complexity index is 337. The van der Waals surface area contributed by atoms with E-state index in [1.165, 1.54) is 20.8 Å². The van der Waals surface area contributed by atoms with Crippen LogP contribution in [0.15, 0.2) is 11.5 Å². The predicted octanol–water partition coefficient (Wildman–Crippen LogP) is 1.82. The van der Waals surface area contributed by atoms with Crippen molar-refractivity contribution in [3.05, 3.63) is 11.5 Å². The summed E-state index contributed by atoms with van der Waals surface area (Å²) < 4.78 is 37.6. The van der Waals surface area contributed by atoms with Crippen molar-refractivity contribution in [2.24, 2.45) is 0 Å². The highest BCUT2D eigenvalue weighted by Gasteiger charge is 2.32. The van der Waals surface area contributed by atoms with Crippen LogP contribution in [-0.2, 0) is 14.6 Å². The number of carbonyl (C=O) groups excluding carboxylic acids is 1. The van der Waals surface area contributed by atoms with Crippen LogP contribution in [0.4, 0.5) is 9.18 Å². The van der Waals surface area contributed by atoms with Crippen LogP contribution in [0.3, 0.4) is 0 Å². The van der Waals surface area contributed by atoms with Crippen molar-refractivity contribution in [3.8, 4) is 0 Å². The third-order valence-electron chi connectivity index (χ3n) is 1.53. The second-order valence-electron chi connectivity index (χ2n) is 3.68. The SMILES string of the molecule is C=C(COC(=O)F)S(=O)(=O)C(C)(C)C. The molecule has 0 aromatic carbocycles. The van der Waals surface area contributed by atoms with Crippen LogP contribution in [0.5, 0.6) is 0 Å². The van der Waals surface area contributed by atoms with Gasteiger partial charge in [-0.1, -0.05) is 6.58 Å². The Hall–Kier alpha value is -0.910. The van der Waals surface area contributed by atoms with Crippen molar-refractivity contribution < 1.29 is 22.3 Å². The van der Waals surface area contributed by atoms with Crippen LogP contribution in [0.2, 0.25) is 0 Å². The topological polar surface area (TPSA) is 60.4 Å². The van der Waals surface area contributed by atoms with E-state index in [0.717, 1.165) is 0 Å². The monoisotopic (exact) mass is 224 g/mol. The third kappa shape index (κ3) is 3.10. The summed E-state index contributed by atoms with van der Waals surface area (Å²) in [6.07, 6.45) is -2.02. The van der Waals surface area contributed by atoms with Crippen LogP contribution in [0.25, 0.3) is 0 Å². The van der Waals surface area contributed by atoms with E-state index in [4.69, 9.17) is 0 Å². The lowest BCUT2D eigenvalue weighted by molar-refractivity contribution is 0.131. The molecule has 6 heteroatoms. The van der Waals surface area contributed by atoms with Gasteiger partial charge in [0.2, 0.25) is 0 Å². The minimum atomic E-state index is -3.61. The molecule has 0 amide bonds. The molecule has 0 spiro atoms. The number of carbonyl (C=O) groups is 1. The average molecular weight is 224 g/mol. The molecule has 0 aromatic rings. The molecule has 4 nitrogen and oxygen atoms in total. The van der Waals surface area contributed by atoms with E-state index in [1.54, 1.807) is 0 Å². The highest BCUT2D eigenvalue weighted by atomic mass is 32.2. The molecular weight excluding hydrogens is 211 g/mol. The summed E-state index contributed by atoms with van der Waals surface area (Å²) in [6.45, 7) is 7.02. The number of ether oxygens (including phenoxy) is 1. The summed E-state index contributed by atoms with van der Waals surface area (Å²) in [4.78, 5) is 9.49. The number of rotatable bonds is 3. The Morgan fingerprint density at radius 1 is 1.43 bits per heavy atom. The van der Waals surface area contributed by atoms with Crippen molar-refractivity contribution in [2.45, 2.75) is 25.5 Å². The Kier molecular flexibility index (Phi) is 3.81. The second kappa shape index (κ2) is 4.08. The zero-order valence-electron chi connectivity index (χ0n) is 8.33. The lowest BCUT2D eigenvalue weighted by atomic mass is 10.3. The number of hydrogen-bond acceptors (Lipinski definition) is 4. The fraction of sp³-hybridized carbons (Fsp3) is 0.625. The average Bonchev–Trinajstić information content (AvgIpc) is 1.97. The van der Waals surface area contributed by atoms with Crippen molar-refractivity contribution in [2.75, 3.05) is 6.61 Å². The second-order valence-corrected chi connectivity index (χ2v) is 6.49. The highest BCUT2D eigenvalue weighted by molar-refractivity contribution is 7.96. The molecule has 0 aliphatic rings. The number of halogens is 1. The molecule has 0 unspecified atom stereocenters. The van der Waals surface area contributed by atoms with Gasteiger partial charge in [0.15, 0.2) is 9.84 Å². The van der Waals surface area contributed by atoms with Crippen molar-refractivity contribution >= 4 is 16.1 Å². The fourth-order valence-electron chi connectivity index (χ4n) is 0.648. The number of sulfone groups is 1. The molecular formula is C8H13FO4S. The molecule has 0 aliphatic heterocycles. The van der Waals surface area contributed by atoms with E-state index >= 15 is 0 Å². The summed E-state index contributed by atoms with van der Waals surface area (Å²) in [7, 11) is -3.61. The highest BCUT2D eigenvalue weighted by Crippen LogP contribution is 2.22. The first-order valence-corrected chi connectivity index (χ1v) is 5.32. The zero-order chi connectivity index (χ0) is 11.6. The summed E-state index contributed by atoms with van der Waals surface area (Å²) >= 11 is 0. The molecule has 0 rings (SSSR count). The van der Waals surface area contributed by atoms with Gasteiger partial charge in [-0.15, -0.1) is 4.39 Å². The molecule has 0 aliphatic carbocycles. The van der Waals surface area contributed by atoms with Crippen molar-refractivity contribution in [3.63, 3.8) is 0 Å². The summed E-state index contributed by atoms with van der Waals surface area (Å²) in [5.74, 6) is 0. The van der Waals surface area contributed by atoms with E-state index < -0.39 is 27.4 Å². The summed E-state index contributed by atoms with van der Waals surface area (Å²) in [5, 5.41) is 0. The fourth-order valence-corrected chi connectivity index (χ4v) is 1.73. The quantitative estimate of drug-likeness (QED) is 0.686. The number of hydrogen-bond donors (Lipinski definition) is 0. The maximum atomic E-state index is 11.6. The van der Waals surface area contributed by atoms with Crippen molar-refractivity contribution in [1.29, 1.82) is 0 Å². The first-order valence-electron chi connectivity index (χ1n) is 3.83. The lowest BCUT2D eigenvalue weighted by Gasteiger charge is -2.20. The van der Waals surface area contributed by atoms with E-state index in [2.05, 4.69) is 11.3 Å². The lowest BCUT2D eigenvalue weighted by Crippen LogP contribution is -2.30. The van der Waals surface area contributed by atoms with Gasteiger partial charge in [-0.05, 0) is 20.8 Å². The largest absolute Gasteiger partial charge is 0.495 e. The van der Waals surface area contributed by atoms with Crippen LogP contribution < -0.4 is 0 Å². The Labute approximate surface area is 82.7 Å². The van der Waals surface area contributed by atoms with Gasteiger partial charge >= 0.3 is 6.22 Å². The standard InChI is InChI=1S/C8H13FO4S/c1-6(5-13-7(9)10)14(11,12)8(2,3)4/h1,5H2,2-4H3. The molecule has 0 atom stereocenters. The van der Waals surface area contributed by atoms with Gasteiger partial charge in [0.05, 0.1) is 9.65 Å². The smallest absolute Gasteiger partial charge is 0.435 e. The normalized spacial score (nSPS) is 12.3. The van der Waals surface area contributed by atoms with E-state index in [9.17, 15) is 17.6 Å². The van der Waals surface area contributed by atoms with E-state index in [1.807, 2.05) is 0 Å². The summed E-state index contributed by atoms with van der Waals surface area (Å²) in [5.41, 5.74) is 0. The van der Waals surface area contributed by atoms with Gasteiger partial charge in [0, 0.05) is 0 Å². The van der Waals surface area contributed by atoms with Gasteiger partial charge < -0.3 is 4.74 Å². The molecule has 0 fully saturated rings. The van der Waals surface area contributed by atoms with Crippen LogP contribution in [0.1, 0.15) is 20.8 Å².